The Hall–Kier alpha value is -3.81. The summed E-state index contributed by atoms with van der Waals surface area (Å²) in [5.41, 5.74) is 4.05. The van der Waals surface area contributed by atoms with E-state index in [-0.39, 0.29) is 24.1 Å². The van der Waals surface area contributed by atoms with E-state index in [1.165, 1.54) is 17.2 Å². The van der Waals surface area contributed by atoms with Gasteiger partial charge in [0.15, 0.2) is 17.1 Å². The third-order valence-corrected chi connectivity index (χ3v) is 6.34. The Labute approximate surface area is 190 Å². The van der Waals surface area contributed by atoms with Crippen LogP contribution in [0.25, 0.3) is 16.6 Å². The Kier molecular flexibility index (Phi) is 5.28. The van der Waals surface area contributed by atoms with Crippen LogP contribution >= 0.6 is 0 Å². The lowest BCUT2D eigenvalue weighted by molar-refractivity contribution is -0.122. The molecule has 0 saturated carbocycles. The van der Waals surface area contributed by atoms with E-state index in [0.29, 0.717) is 28.2 Å². The molecule has 1 amide bonds. The molecule has 1 aliphatic rings. The monoisotopic (exact) mass is 446 g/mol. The zero-order valence-electron chi connectivity index (χ0n) is 18.9. The minimum absolute atomic E-state index is 0.0114. The molecule has 0 spiro atoms. The van der Waals surface area contributed by atoms with Gasteiger partial charge < -0.3 is 14.8 Å². The highest BCUT2D eigenvalue weighted by molar-refractivity contribution is 5.96. The van der Waals surface area contributed by atoms with Gasteiger partial charge in [0, 0.05) is 23.2 Å². The summed E-state index contributed by atoms with van der Waals surface area (Å²) in [6, 6.07) is 13.3. The highest BCUT2D eigenvalue weighted by Gasteiger charge is 2.23. The summed E-state index contributed by atoms with van der Waals surface area (Å²) >= 11 is 0. The second kappa shape index (κ2) is 8.27. The number of fused-ring (bicyclic) bond motifs is 4. The predicted octanol–water partition coefficient (Wildman–Crippen LogP) is 3.17. The minimum Gasteiger partial charge on any atom is -0.493 e. The second-order valence-corrected chi connectivity index (χ2v) is 8.36. The third kappa shape index (κ3) is 3.61. The molecule has 0 aliphatic heterocycles. The van der Waals surface area contributed by atoms with Crippen LogP contribution in [0.3, 0.4) is 0 Å². The quantitative estimate of drug-likeness (QED) is 0.509. The molecule has 1 N–H and O–H groups in total. The highest BCUT2D eigenvalue weighted by Crippen LogP contribution is 2.35. The number of hydrogen-bond acceptors (Lipinski definition) is 5. The Balaban J connectivity index is 1.58. The number of hydrogen-bond donors (Lipinski definition) is 1. The molecule has 0 saturated heterocycles. The minimum atomic E-state index is -0.329. The SMILES string of the molecule is COc1cc2c(cc1OC)n(CC(=O)N[C@@H]1CCCc3ccccc31)n1c(C)cc(=O)nc21. The standard InChI is InChI=1S/C25H26N4O4/c1-15-11-23(30)27-25-18-12-21(32-2)22(33-3)13-20(18)28(29(15)25)14-24(31)26-19-10-6-8-16-7-4-5-9-17(16)19/h4-5,7,9,11-13,19H,6,8,10,14H2,1-3H3,(H,26,31)/t19-/m1/s1. The van der Waals surface area contributed by atoms with E-state index in [2.05, 4.69) is 22.4 Å². The lowest BCUT2D eigenvalue weighted by atomic mass is 9.88. The zero-order chi connectivity index (χ0) is 23.1. The van der Waals surface area contributed by atoms with Gasteiger partial charge in [-0.3, -0.25) is 14.3 Å². The van der Waals surface area contributed by atoms with E-state index in [1.807, 2.05) is 29.8 Å². The van der Waals surface area contributed by atoms with E-state index in [0.717, 1.165) is 24.8 Å². The maximum absolute atomic E-state index is 13.2. The normalized spacial score (nSPS) is 15.4. The summed E-state index contributed by atoms with van der Waals surface area (Å²) in [6.45, 7) is 1.90. The number of methoxy groups -OCH3 is 2. The Morgan fingerprint density at radius 3 is 2.70 bits per heavy atom. The summed E-state index contributed by atoms with van der Waals surface area (Å²) in [5, 5.41) is 3.93. The van der Waals surface area contributed by atoms with Crippen molar-refractivity contribution >= 4 is 22.5 Å². The fraction of sp³-hybridized carbons (Fsp3) is 0.320. The summed E-state index contributed by atoms with van der Waals surface area (Å²) in [5.74, 6) is 0.961. The number of aromatic nitrogens is 3. The van der Waals surface area contributed by atoms with E-state index < -0.39 is 0 Å². The summed E-state index contributed by atoms with van der Waals surface area (Å²) in [7, 11) is 3.12. The third-order valence-electron chi connectivity index (χ3n) is 6.34. The molecule has 8 heteroatoms. The van der Waals surface area contributed by atoms with Gasteiger partial charge in [0.25, 0.3) is 5.56 Å². The first-order chi connectivity index (χ1) is 16.0. The van der Waals surface area contributed by atoms with Crippen LogP contribution in [0.2, 0.25) is 0 Å². The molecule has 1 atom stereocenters. The van der Waals surface area contributed by atoms with Crippen molar-refractivity contribution in [1.29, 1.82) is 0 Å². The van der Waals surface area contributed by atoms with Crippen LogP contribution in [-0.2, 0) is 17.8 Å². The first-order valence-corrected chi connectivity index (χ1v) is 11.0. The fourth-order valence-electron chi connectivity index (χ4n) is 4.87. The van der Waals surface area contributed by atoms with Crippen molar-refractivity contribution in [2.75, 3.05) is 14.2 Å². The number of aryl methyl sites for hydroxylation is 2. The molecule has 5 rings (SSSR count). The molecule has 0 unspecified atom stereocenters. The first kappa shape index (κ1) is 21.1. The highest BCUT2D eigenvalue weighted by atomic mass is 16.5. The maximum atomic E-state index is 13.2. The van der Waals surface area contributed by atoms with Gasteiger partial charge in [0.1, 0.15) is 6.54 Å². The van der Waals surface area contributed by atoms with Crippen molar-refractivity contribution in [3.05, 3.63) is 69.6 Å². The Morgan fingerprint density at radius 1 is 1.15 bits per heavy atom. The average molecular weight is 447 g/mol. The number of nitrogens with one attached hydrogen (secondary N) is 1. The van der Waals surface area contributed by atoms with Gasteiger partial charge in [0.2, 0.25) is 5.91 Å². The lowest BCUT2D eigenvalue weighted by Gasteiger charge is -2.26. The van der Waals surface area contributed by atoms with Crippen molar-refractivity contribution in [1.82, 2.24) is 19.5 Å². The lowest BCUT2D eigenvalue weighted by Crippen LogP contribution is -2.34. The van der Waals surface area contributed by atoms with Crippen LogP contribution in [-0.4, -0.2) is 34.3 Å². The second-order valence-electron chi connectivity index (χ2n) is 8.36. The largest absolute Gasteiger partial charge is 0.493 e. The van der Waals surface area contributed by atoms with E-state index in [4.69, 9.17) is 9.47 Å². The molecular formula is C25H26N4O4. The number of benzene rings is 2. The average Bonchev–Trinajstić information content (AvgIpc) is 3.10. The van der Waals surface area contributed by atoms with Gasteiger partial charge in [0.05, 0.1) is 25.8 Å². The van der Waals surface area contributed by atoms with Gasteiger partial charge in [-0.1, -0.05) is 24.3 Å². The molecule has 2 aromatic heterocycles. The van der Waals surface area contributed by atoms with Gasteiger partial charge in [-0.05, 0) is 43.4 Å². The van der Waals surface area contributed by atoms with Crippen molar-refractivity contribution in [2.24, 2.45) is 0 Å². The molecule has 2 aromatic carbocycles. The van der Waals surface area contributed by atoms with Crippen molar-refractivity contribution in [3.8, 4) is 11.5 Å². The first-order valence-electron chi connectivity index (χ1n) is 11.0. The van der Waals surface area contributed by atoms with E-state index in [9.17, 15) is 9.59 Å². The molecule has 0 fully saturated rings. The molecule has 0 bridgehead atoms. The number of amides is 1. The van der Waals surface area contributed by atoms with Crippen molar-refractivity contribution in [3.63, 3.8) is 0 Å². The molecule has 4 aromatic rings. The van der Waals surface area contributed by atoms with Gasteiger partial charge in [-0.25, -0.2) is 4.52 Å². The van der Waals surface area contributed by atoms with Crippen LogP contribution in [0.4, 0.5) is 0 Å². The molecular weight excluding hydrogens is 420 g/mol. The van der Waals surface area contributed by atoms with Gasteiger partial charge in [-0.2, -0.15) is 4.98 Å². The smallest absolute Gasteiger partial charge is 0.273 e. The molecule has 0 radical (unpaired) electrons. The van der Waals surface area contributed by atoms with E-state index >= 15 is 0 Å². The number of carbonyl (C=O) groups excluding carboxylic acids is 1. The molecule has 170 valence electrons. The summed E-state index contributed by atoms with van der Waals surface area (Å²) in [6.07, 6.45) is 2.99. The van der Waals surface area contributed by atoms with Crippen molar-refractivity contribution < 1.29 is 14.3 Å². The van der Waals surface area contributed by atoms with Crippen molar-refractivity contribution in [2.45, 2.75) is 38.8 Å². The van der Waals surface area contributed by atoms with Gasteiger partial charge >= 0.3 is 0 Å². The fourth-order valence-corrected chi connectivity index (χ4v) is 4.87. The van der Waals surface area contributed by atoms with E-state index in [1.54, 1.807) is 24.8 Å². The molecule has 1 aliphatic carbocycles. The van der Waals surface area contributed by atoms with Crippen LogP contribution in [0.1, 0.15) is 35.7 Å². The number of carbonyl (C=O) groups is 1. The summed E-state index contributed by atoms with van der Waals surface area (Å²) in [4.78, 5) is 29.6. The number of ether oxygens (including phenoxy) is 2. The van der Waals surface area contributed by atoms with Crippen LogP contribution in [0, 0.1) is 6.92 Å². The maximum Gasteiger partial charge on any atom is 0.273 e. The van der Waals surface area contributed by atoms with Crippen LogP contribution in [0.15, 0.2) is 47.3 Å². The molecule has 2 heterocycles. The molecule has 33 heavy (non-hydrogen) atoms. The number of nitrogens with zero attached hydrogens (tertiary/aromatic N) is 3. The summed E-state index contributed by atoms with van der Waals surface area (Å²) < 4.78 is 14.6. The van der Waals surface area contributed by atoms with Gasteiger partial charge in [-0.15, -0.1) is 0 Å². The van der Waals surface area contributed by atoms with Crippen LogP contribution < -0.4 is 20.3 Å². The predicted molar refractivity (Wildman–Crippen MR) is 125 cm³/mol. The molecule has 8 nitrogen and oxygen atoms in total. The number of rotatable bonds is 5. The van der Waals surface area contributed by atoms with Crippen LogP contribution in [0.5, 0.6) is 11.5 Å². The topological polar surface area (TPSA) is 86.9 Å². The Morgan fingerprint density at radius 2 is 1.91 bits per heavy atom. The zero-order valence-corrected chi connectivity index (χ0v) is 18.9. The Bertz CT molecular complexity index is 1440.